The molecular formula is C16H16N4O6S. The van der Waals surface area contributed by atoms with Crippen molar-refractivity contribution in [1.82, 2.24) is 4.31 Å². The zero-order chi connectivity index (χ0) is 19.6. The van der Waals surface area contributed by atoms with Crippen LogP contribution in [0.5, 0.6) is 0 Å². The van der Waals surface area contributed by atoms with Gasteiger partial charge in [-0.3, -0.25) is 20.2 Å². The summed E-state index contributed by atoms with van der Waals surface area (Å²) in [5, 5.41) is 21.9. The Balaban J connectivity index is 1.75. The van der Waals surface area contributed by atoms with Crippen LogP contribution in [0.25, 0.3) is 0 Å². The third-order valence-corrected chi connectivity index (χ3v) is 6.29. The fourth-order valence-electron chi connectivity index (χ4n) is 2.94. The fourth-order valence-corrected chi connectivity index (χ4v) is 4.52. The van der Waals surface area contributed by atoms with Crippen molar-refractivity contribution in [3.63, 3.8) is 0 Å². The first-order chi connectivity index (χ1) is 12.8. The number of sulfonamides is 1. The van der Waals surface area contributed by atoms with E-state index in [0.29, 0.717) is 13.1 Å². The van der Waals surface area contributed by atoms with Crippen LogP contribution in [0.4, 0.5) is 17.1 Å². The van der Waals surface area contributed by atoms with Crippen LogP contribution in [0, 0.1) is 20.2 Å². The molecule has 3 rings (SSSR count). The first-order valence-electron chi connectivity index (χ1n) is 8.03. The zero-order valence-electron chi connectivity index (χ0n) is 14.1. The third-order valence-electron chi connectivity index (χ3n) is 4.34. The molecule has 27 heavy (non-hydrogen) atoms. The molecule has 2 aromatic carbocycles. The van der Waals surface area contributed by atoms with Crippen LogP contribution in [0.1, 0.15) is 0 Å². The lowest BCUT2D eigenvalue weighted by Crippen LogP contribution is -2.48. The van der Waals surface area contributed by atoms with Gasteiger partial charge < -0.3 is 4.90 Å². The van der Waals surface area contributed by atoms with Gasteiger partial charge in [0.2, 0.25) is 10.0 Å². The maximum absolute atomic E-state index is 12.8. The summed E-state index contributed by atoms with van der Waals surface area (Å²) in [4.78, 5) is 22.3. The van der Waals surface area contributed by atoms with Crippen LogP contribution in [0.2, 0.25) is 0 Å². The summed E-state index contributed by atoms with van der Waals surface area (Å²) in [5.74, 6) is 0. The second kappa shape index (κ2) is 7.29. The van der Waals surface area contributed by atoms with E-state index in [1.54, 1.807) is 12.1 Å². The molecule has 0 saturated carbocycles. The van der Waals surface area contributed by atoms with Gasteiger partial charge in [0.1, 0.15) is 0 Å². The van der Waals surface area contributed by atoms with E-state index in [0.717, 1.165) is 5.69 Å². The highest BCUT2D eigenvalue weighted by atomic mass is 32.2. The molecule has 0 unspecified atom stereocenters. The molecule has 11 heteroatoms. The molecule has 0 radical (unpaired) electrons. The largest absolute Gasteiger partial charge is 0.369 e. The minimum absolute atomic E-state index is 0.0173. The standard InChI is InChI=1S/C16H16N4O6S/c21-19(22)14-7-5-13(6-8-14)17-9-11-18(12-10-17)27(25,26)16-4-2-1-3-15(16)20(23)24/h1-8H,9-12H2. The first-order valence-corrected chi connectivity index (χ1v) is 9.47. The Kier molecular flexibility index (Phi) is 5.06. The molecule has 1 heterocycles. The Labute approximate surface area is 155 Å². The molecule has 1 aliphatic heterocycles. The molecule has 0 amide bonds. The number of hydrogen-bond acceptors (Lipinski definition) is 7. The van der Waals surface area contributed by atoms with Gasteiger partial charge in [0.15, 0.2) is 4.90 Å². The quantitative estimate of drug-likeness (QED) is 0.562. The number of nitrogens with zero attached hydrogens (tertiary/aromatic N) is 4. The summed E-state index contributed by atoms with van der Waals surface area (Å²) in [6, 6.07) is 11.3. The number of hydrogen-bond donors (Lipinski definition) is 0. The van der Waals surface area contributed by atoms with Crippen molar-refractivity contribution in [3.05, 3.63) is 68.8 Å². The summed E-state index contributed by atoms with van der Waals surface area (Å²) in [6.07, 6.45) is 0. The maximum atomic E-state index is 12.8. The van der Waals surface area contributed by atoms with E-state index in [1.807, 2.05) is 4.90 Å². The Bertz CT molecular complexity index is 969. The molecule has 2 aromatic rings. The SMILES string of the molecule is O=[N+]([O-])c1ccc(N2CCN(S(=O)(=O)c3ccccc3[N+](=O)[O-])CC2)cc1. The molecular weight excluding hydrogens is 376 g/mol. The normalized spacial score (nSPS) is 15.5. The number of nitro groups is 2. The summed E-state index contributed by atoms with van der Waals surface area (Å²) in [5.41, 5.74) is 0.287. The van der Waals surface area contributed by atoms with Gasteiger partial charge in [0.25, 0.3) is 11.4 Å². The van der Waals surface area contributed by atoms with E-state index in [1.165, 1.54) is 40.7 Å². The van der Waals surface area contributed by atoms with Crippen molar-refractivity contribution in [2.75, 3.05) is 31.1 Å². The van der Waals surface area contributed by atoms with E-state index in [-0.39, 0.29) is 23.7 Å². The second-order valence-corrected chi connectivity index (χ2v) is 7.80. The lowest BCUT2D eigenvalue weighted by molar-refractivity contribution is -0.387. The molecule has 0 N–H and O–H groups in total. The number of para-hydroxylation sites is 1. The molecule has 0 spiro atoms. The number of non-ortho nitro benzene ring substituents is 1. The summed E-state index contributed by atoms with van der Waals surface area (Å²) in [6.45, 7) is 1.06. The summed E-state index contributed by atoms with van der Waals surface area (Å²) < 4.78 is 26.8. The van der Waals surface area contributed by atoms with Gasteiger partial charge in [-0.2, -0.15) is 4.31 Å². The molecule has 1 aliphatic rings. The van der Waals surface area contributed by atoms with Gasteiger partial charge in [0.05, 0.1) is 9.85 Å². The Morgan fingerprint density at radius 2 is 1.41 bits per heavy atom. The van der Waals surface area contributed by atoms with Crippen LogP contribution >= 0.6 is 0 Å². The van der Waals surface area contributed by atoms with E-state index in [2.05, 4.69) is 0 Å². The van der Waals surface area contributed by atoms with E-state index in [4.69, 9.17) is 0 Å². The van der Waals surface area contributed by atoms with E-state index in [9.17, 15) is 28.6 Å². The molecule has 0 atom stereocenters. The average molecular weight is 392 g/mol. The number of rotatable bonds is 5. The monoisotopic (exact) mass is 392 g/mol. The Morgan fingerprint density at radius 3 is 1.96 bits per heavy atom. The van der Waals surface area contributed by atoms with E-state index < -0.39 is 25.6 Å². The number of benzene rings is 2. The lowest BCUT2D eigenvalue weighted by Gasteiger charge is -2.35. The molecule has 0 aromatic heterocycles. The highest BCUT2D eigenvalue weighted by Gasteiger charge is 2.33. The van der Waals surface area contributed by atoms with Crippen LogP contribution in [-0.2, 0) is 10.0 Å². The van der Waals surface area contributed by atoms with E-state index >= 15 is 0 Å². The molecule has 142 valence electrons. The van der Waals surface area contributed by atoms with Gasteiger partial charge in [-0.05, 0) is 18.2 Å². The average Bonchev–Trinajstić information content (AvgIpc) is 2.68. The highest BCUT2D eigenvalue weighted by molar-refractivity contribution is 7.89. The predicted molar refractivity (Wildman–Crippen MR) is 97.2 cm³/mol. The highest BCUT2D eigenvalue weighted by Crippen LogP contribution is 2.28. The maximum Gasteiger partial charge on any atom is 0.289 e. The summed E-state index contributed by atoms with van der Waals surface area (Å²) in [7, 11) is -3.99. The van der Waals surface area contributed by atoms with Gasteiger partial charge in [-0.1, -0.05) is 12.1 Å². The molecule has 1 saturated heterocycles. The third kappa shape index (κ3) is 3.73. The van der Waals surface area contributed by atoms with Crippen molar-refractivity contribution in [3.8, 4) is 0 Å². The number of anilines is 1. The molecule has 0 aliphatic carbocycles. The van der Waals surface area contributed by atoms with Crippen molar-refractivity contribution >= 4 is 27.1 Å². The Hall–Kier alpha value is -3.05. The summed E-state index contributed by atoms with van der Waals surface area (Å²) >= 11 is 0. The van der Waals surface area contributed by atoms with Crippen LogP contribution in [-0.4, -0.2) is 48.7 Å². The molecule has 0 bridgehead atoms. The zero-order valence-corrected chi connectivity index (χ0v) is 14.9. The first kappa shape index (κ1) is 18.7. The molecule has 1 fully saturated rings. The van der Waals surface area contributed by atoms with Gasteiger partial charge in [0, 0.05) is 50.1 Å². The lowest BCUT2D eigenvalue weighted by atomic mass is 10.2. The van der Waals surface area contributed by atoms with Gasteiger partial charge >= 0.3 is 0 Å². The predicted octanol–water partition coefficient (Wildman–Crippen LogP) is 2.01. The molecule has 10 nitrogen and oxygen atoms in total. The van der Waals surface area contributed by atoms with Crippen LogP contribution in [0.3, 0.4) is 0 Å². The van der Waals surface area contributed by atoms with Crippen molar-refractivity contribution < 1.29 is 18.3 Å². The fraction of sp³-hybridized carbons (Fsp3) is 0.250. The van der Waals surface area contributed by atoms with Crippen molar-refractivity contribution in [1.29, 1.82) is 0 Å². The van der Waals surface area contributed by atoms with Crippen molar-refractivity contribution in [2.24, 2.45) is 0 Å². The van der Waals surface area contributed by atoms with Gasteiger partial charge in [-0.25, -0.2) is 8.42 Å². The minimum atomic E-state index is -3.99. The minimum Gasteiger partial charge on any atom is -0.369 e. The van der Waals surface area contributed by atoms with Crippen LogP contribution in [0.15, 0.2) is 53.4 Å². The van der Waals surface area contributed by atoms with Crippen LogP contribution < -0.4 is 4.90 Å². The van der Waals surface area contributed by atoms with Crippen molar-refractivity contribution in [2.45, 2.75) is 4.90 Å². The smallest absolute Gasteiger partial charge is 0.289 e. The Morgan fingerprint density at radius 1 is 0.815 bits per heavy atom. The number of nitro benzene ring substituents is 2. The topological polar surface area (TPSA) is 127 Å². The number of piperazine rings is 1. The second-order valence-electron chi connectivity index (χ2n) is 5.89. The van der Waals surface area contributed by atoms with Gasteiger partial charge in [-0.15, -0.1) is 0 Å².